The number of methoxy groups -OCH3 is 1. The molecule has 0 bridgehead atoms. The molecule has 0 saturated carbocycles. The van der Waals surface area contributed by atoms with Crippen LogP contribution in [0.1, 0.15) is 17.5 Å². The quantitative estimate of drug-likeness (QED) is 0.627. The number of hydrogen-bond acceptors (Lipinski definition) is 3. The smallest absolute Gasteiger partial charge is 0.128 e. The van der Waals surface area contributed by atoms with Gasteiger partial charge in [0.2, 0.25) is 0 Å². The summed E-state index contributed by atoms with van der Waals surface area (Å²) in [5, 5.41) is 7.26. The fourth-order valence-corrected chi connectivity index (χ4v) is 2.22. The number of nitrogens with one attached hydrogen (secondary N) is 1. The molecule has 1 saturated heterocycles. The highest BCUT2D eigenvalue weighted by atomic mass is 19.1. The van der Waals surface area contributed by atoms with Gasteiger partial charge >= 0.3 is 0 Å². The monoisotopic (exact) mass is 251 g/mol. The topological polar surface area (TPSA) is 62.3 Å². The Morgan fingerprint density at radius 2 is 2.39 bits per heavy atom. The third-order valence-electron chi connectivity index (χ3n) is 3.32. The molecule has 1 atom stereocenters. The first-order chi connectivity index (χ1) is 8.60. The van der Waals surface area contributed by atoms with Gasteiger partial charge in [0.25, 0.3) is 0 Å². The summed E-state index contributed by atoms with van der Waals surface area (Å²) in [6.45, 7) is 2.33. The Morgan fingerprint density at radius 3 is 2.94 bits per heavy atom. The number of nitrogen functional groups attached to an aromatic ring is 1. The second kappa shape index (κ2) is 5.46. The van der Waals surface area contributed by atoms with E-state index in [9.17, 15) is 4.39 Å². The van der Waals surface area contributed by atoms with Crippen LogP contribution in [0, 0.1) is 11.2 Å². The van der Waals surface area contributed by atoms with Crippen LogP contribution in [0.15, 0.2) is 18.2 Å². The predicted molar refractivity (Wildman–Crippen MR) is 68.1 cm³/mol. The molecule has 0 radical (unpaired) electrons. The molecule has 1 aliphatic heterocycles. The van der Waals surface area contributed by atoms with Gasteiger partial charge in [-0.25, -0.2) is 4.39 Å². The van der Waals surface area contributed by atoms with Crippen molar-refractivity contribution in [1.29, 1.82) is 5.41 Å². The van der Waals surface area contributed by atoms with Gasteiger partial charge in [0.15, 0.2) is 0 Å². The maximum absolute atomic E-state index is 13.8. The number of nitrogens with two attached hydrogens (primary N) is 1. The summed E-state index contributed by atoms with van der Waals surface area (Å²) in [4.78, 5) is 2.17. The van der Waals surface area contributed by atoms with Crippen LogP contribution in [0.3, 0.4) is 0 Å². The summed E-state index contributed by atoms with van der Waals surface area (Å²) in [6.07, 6.45) is 1.24. The summed E-state index contributed by atoms with van der Waals surface area (Å²) in [6, 6.07) is 4.71. The van der Waals surface area contributed by atoms with Crippen LogP contribution < -0.4 is 5.73 Å². The van der Waals surface area contributed by atoms with Crippen LogP contribution in [0.5, 0.6) is 0 Å². The van der Waals surface area contributed by atoms with E-state index in [1.54, 1.807) is 19.2 Å². The summed E-state index contributed by atoms with van der Waals surface area (Å²) in [5.41, 5.74) is 6.38. The highest BCUT2D eigenvalue weighted by Gasteiger charge is 2.22. The number of nitrogens with zero attached hydrogens (tertiary/aromatic N) is 1. The lowest BCUT2D eigenvalue weighted by Crippen LogP contribution is -2.23. The molecule has 0 aliphatic carbocycles. The van der Waals surface area contributed by atoms with Gasteiger partial charge in [0, 0.05) is 37.9 Å². The molecule has 0 aromatic heterocycles. The van der Waals surface area contributed by atoms with E-state index in [0.717, 1.165) is 19.5 Å². The number of ether oxygens (including phenoxy) is 1. The van der Waals surface area contributed by atoms with Crippen LogP contribution in [0.4, 0.5) is 4.39 Å². The number of amidine groups is 1. The average molecular weight is 251 g/mol. The molecule has 3 N–H and O–H groups in total. The standard InChI is InChI=1S/C13H18FN3O/c1-18-11-4-5-17(8-11)7-10-3-2-9(13(15)16)6-12(10)14/h2-3,6,11H,4-5,7-8H2,1H3,(H3,15,16). The molecule has 1 aromatic carbocycles. The van der Waals surface area contributed by atoms with Gasteiger partial charge in [-0.05, 0) is 12.5 Å². The highest BCUT2D eigenvalue weighted by molar-refractivity contribution is 5.94. The molecular formula is C13H18FN3O. The van der Waals surface area contributed by atoms with Gasteiger partial charge in [-0.2, -0.15) is 0 Å². The number of benzene rings is 1. The first-order valence-electron chi connectivity index (χ1n) is 5.98. The minimum atomic E-state index is -0.302. The van der Waals surface area contributed by atoms with Gasteiger partial charge < -0.3 is 10.5 Å². The van der Waals surface area contributed by atoms with Gasteiger partial charge in [0.05, 0.1) is 6.10 Å². The molecule has 1 heterocycles. The molecule has 1 unspecified atom stereocenters. The second-order valence-corrected chi connectivity index (χ2v) is 4.60. The van der Waals surface area contributed by atoms with Crippen molar-refractivity contribution in [2.45, 2.75) is 19.1 Å². The van der Waals surface area contributed by atoms with E-state index in [1.165, 1.54) is 6.07 Å². The molecule has 2 rings (SSSR count). The number of likely N-dealkylation sites (tertiary alicyclic amines) is 1. The van der Waals surface area contributed by atoms with E-state index in [-0.39, 0.29) is 17.8 Å². The zero-order valence-corrected chi connectivity index (χ0v) is 10.4. The maximum atomic E-state index is 13.8. The van der Waals surface area contributed by atoms with Crippen molar-refractivity contribution in [3.63, 3.8) is 0 Å². The third-order valence-corrected chi connectivity index (χ3v) is 3.32. The van der Waals surface area contributed by atoms with Crippen LogP contribution in [0.25, 0.3) is 0 Å². The molecule has 4 nitrogen and oxygen atoms in total. The average Bonchev–Trinajstić information content (AvgIpc) is 2.79. The van der Waals surface area contributed by atoms with Crippen LogP contribution >= 0.6 is 0 Å². The number of halogens is 1. The molecule has 98 valence electrons. The molecule has 1 fully saturated rings. The van der Waals surface area contributed by atoms with Crippen molar-refractivity contribution < 1.29 is 9.13 Å². The zero-order valence-electron chi connectivity index (χ0n) is 10.4. The van der Waals surface area contributed by atoms with E-state index in [0.29, 0.717) is 17.7 Å². The van der Waals surface area contributed by atoms with Crippen molar-refractivity contribution in [3.8, 4) is 0 Å². The lowest BCUT2D eigenvalue weighted by Gasteiger charge is -2.16. The molecule has 0 spiro atoms. The van der Waals surface area contributed by atoms with E-state index in [4.69, 9.17) is 15.9 Å². The first-order valence-corrected chi connectivity index (χ1v) is 5.98. The third kappa shape index (κ3) is 2.86. The van der Waals surface area contributed by atoms with Crippen LogP contribution in [-0.4, -0.2) is 37.0 Å². The largest absolute Gasteiger partial charge is 0.384 e. The molecule has 5 heteroatoms. The summed E-state index contributed by atoms with van der Waals surface area (Å²) in [5.74, 6) is -0.412. The fourth-order valence-electron chi connectivity index (χ4n) is 2.22. The summed E-state index contributed by atoms with van der Waals surface area (Å²) in [7, 11) is 1.70. The lowest BCUT2D eigenvalue weighted by atomic mass is 10.1. The lowest BCUT2D eigenvalue weighted by molar-refractivity contribution is 0.107. The molecule has 1 aromatic rings. The Labute approximate surface area is 106 Å². The summed E-state index contributed by atoms with van der Waals surface area (Å²) < 4.78 is 19.1. The van der Waals surface area contributed by atoms with Gasteiger partial charge in [-0.1, -0.05) is 12.1 Å². The molecule has 1 aliphatic rings. The molecule has 0 amide bonds. The van der Waals surface area contributed by atoms with Crippen LogP contribution in [-0.2, 0) is 11.3 Å². The summed E-state index contributed by atoms with van der Waals surface area (Å²) >= 11 is 0. The molecular weight excluding hydrogens is 233 g/mol. The van der Waals surface area contributed by atoms with Gasteiger partial charge in [0.1, 0.15) is 11.7 Å². The van der Waals surface area contributed by atoms with E-state index in [2.05, 4.69) is 4.90 Å². The van der Waals surface area contributed by atoms with Crippen molar-refractivity contribution in [3.05, 3.63) is 35.1 Å². The first kappa shape index (κ1) is 13.0. The van der Waals surface area contributed by atoms with Crippen molar-refractivity contribution in [2.24, 2.45) is 5.73 Å². The van der Waals surface area contributed by atoms with Gasteiger partial charge in [-0.3, -0.25) is 10.3 Å². The SMILES string of the molecule is COC1CCN(Cc2ccc(C(=N)N)cc2F)C1. The molecule has 18 heavy (non-hydrogen) atoms. The van der Waals surface area contributed by atoms with Crippen molar-refractivity contribution in [1.82, 2.24) is 4.90 Å². The predicted octanol–water partition coefficient (Wildman–Crippen LogP) is 1.33. The van der Waals surface area contributed by atoms with Crippen molar-refractivity contribution in [2.75, 3.05) is 20.2 Å². The Morgan fingerprint density at radius 1 is 1.61 bits per heavy atom. The highest BCUT2D eigenvalue weighted by Crippen LogP contribution is 2.18. The second-order valence-electron chi connectivity index (χ2n) is 4.60. The Balaban J connectivity index is 2.04. The Hall–Kier alpha value is -1.46. The maximum Gasteiger partial charge on any atom is 0.128 e. The van der Waals surface area contributed by atoms with Crippen molar-refractivity contribution >= 4 is 5.84 Å². The number of rotatable bonds is 4. The Bertz CT molecular complexity index is 450. The van der Waals surface area contributed by atoms with E-state index < -0.39 is 0 Å². The Kier molecular flexibility index (Phi) is 3.93. The number of hydrogen-bond donors (Lipinski definition) is 2. The zero-order chi connectivity index (χ0) is 13.1. The normalized spacial score (nSPS) is 20.2. The van der Waals surface area contributed by atoms with E-state index in [1.807, 2.05) is 0 Å². The van der Waals surface area contributed by atoms with Gasteiger partial charge in [-0.15, -0.1) is 0 Å². The minimum absolute atomic E-state index is 0.110. The van der Waals surface area contributed by atoms with E-state index >= 15 is 0 Å². The fraction of sp³-hybridized carbons (Fsp3) is 0.462. The minimum Gasteiger partial charge on any atom is -0.384 e. The van der Waals surface area contributed by atoms with Crippen LogP contribution in [0.2, 0.25) is 0 Å².